The van der Waals surface area contributed by atoms with Gasteiger partial charge in [0, 0.05) is 36.7 Å². The second-order valence-corrected chi connectivity index (χ2v) is 14.3. The summed E-state index contributed by atoms with van der Waals surface area (Å²) in [7, 11) is 0. The molecule has 3 aromatic carbocycles. The third kappa shape index (κ3) is 10.1. The highest BCUT2D eigenvalue weighted by Crippen LogP contribution is 2.32. The van der Waals surface area contributed by atoms with Gasteiger partial charge in [-0.15, -0.1) is 0 Å². The third-order valence-corrected chi connectivity index (χ3v) is 10.5. The lowest BCUT2D eigenvalue weighted by Crippen LogP contribution is -2.53. The zero-order chi connectivity index (χ0) is 38.0. The summed E-state index contributed by atoms with van der Waals surface area (Å²) in [6.07, 6.45) is 7.24. The number of fused-ring (bicyclic) bond motifs is 4. The molecule has 0 radical (unpaired) electrons. The van der Waals surface area contributed by atoms with Crippen molar-refractivity contribution in [2.45, 2.75) is 76.5 Å². The Morgan fingerprint density at radius 3 is 2.39 bits per heavy atom. The summed E-state index contributed by atoms with van der Waals surface area (Å²) >= 11 is 0. The number of nitrogens with zero attached hydrogens (tertiary/aromatic N) is 2. The number of phenolic OH excluding ortho intramolecular Hbond substituents is 1. The molecule has 0 aliphatic carbocycles. The molecule has 290 valence electrons. The minimum Gasteiger partial charge on any atom is -0.506 e. The van der Waals surface area contributed by atoms with Crippen LogP contribution in [0.3, 0.4) is 0 Å². The van der Waals surface area contributed by atoms with Crippen molar-refractivity contribution in [3.8, 4) is 11.5 Å². The lowest BCUT2D eigenvalue weighted by molar-refractivity contribution is -0.0311. The molecule has 4 N–H and O–H groups in total. The topological polar surface area (TPSA) is 127 Å². The van der Waals surface area contributed by atoms with Gasteiger partial charge in [0.15, 0.2) is 17.5 Å². The molecule has 13 heteroatoms. The van der Waals surface area contributed by atoms with E-state index >= 15 is 0 Å². The Labute approximate surface area is 312 Å². The fourth-order valence-electron chi connectivity index (χ4n) is 7.44. The van der Waals surface area contributed by atoms with Gasteiger partial charge in [-0.3, -0.25) is 14.6 Å². The number of piperidine rings is 3. The number of nitrogens with one attached hydrogen (secondary N) is 2. The smallest absolute Gasteiger partial charge is 0.414 e. The first kappa shape index (κ1) is 39.1. The average molecular weight is 751 g/mol. The van der Waals surface area contributed by atoms with E-state index in [0.29, 0.717) is 47.5 Å². The van der Waals surface area contributed by atoms with Gasteiger partial charge < -0.3 is 30.0 Å². The van der Waals surface area contributed by atoms with Crippen LogP contribution in [0.25, 0.3) is 10.9 Å². The normalized spacial score (nSPS) is 18.5. The van der Waals surface area contributed by atoms with Crippen molar-refractivity contribution < 1.29 is 37.7 Å². The minimum absolute atomic E-state index is 0.0339. The molecule has 0 unspecified atom stereocenters. The van der Waals surface area contributed by atoms with Gasteiger partial charge in [-0.1, -0.05) is 50.3 Å². The minimum atomic E-state index is -1.59. The SMILES string of the molecule is O=C(O[C@H]1CN2CCC1CC2)N(Cc1cccc(OCCCCCCCCCNC[C@H](O)c2ccc(O)c3[nH]c(=O)ccc23)c1)c1cc(F)c(F)c(F)c1. The molecule has 0 spiro atoms. The van der Waals surface area contributed by atoms with E-state index in [1.807, 2.05) is 6.07 Å². The summed E-state index contributed by atoms with van der Waals surface area (Å²) in [6, 6.07) is 14.9. The van der Waals surface area contributed by atoms with E-state index in [1.54, 1.807) is 30.3 Å². The van der Waals surface area contributed by atoms with Gasteiger partial charge in [-0.05, 0) is 86.6 Å². The summed E-state index contributed by atoms with van der Waals surface area (Å²) in [4.78, 5) is 31.1. The highest BCUT2D eigenvalue weighted by Gasteiger charge is 2.37. The molecule has 7 rings (SSSR count). The number of halogens is 3. The maximum Gasteiger partial charge on any atom is 0.414 e. The van der Waals surface area contributed by atoms with Gasteiger partial charge in [-0.25, -0.2) is 18.0 Å². The Hall–Kier alpha value is -4.59. The molecule has 2 atom stereocenters. The van der Waals surface area contributed by atoms with Crippen LogP contribution in [0.1, 0.15) is 75.0 Å². The molecule has 3 saturated heterocycles. The number of anilines is 1. The number of amides is 1. The van der Waals surface area contributed by atoms with Gasteiger partial charge in [0.25, 0.3) is 0 Å². The Morgan fingerprint density at radius 2 is 1.67 bits per heavy atom. The zero-order valence-electron chi connectivity index (χ0n) is 30.4. The van der Waals surface area contributed by atoms with E-state index in [4.69, 9.17) is 9.47 Å². The number of aliphatic hydroxyl groups excluding tert-OH is 1. The number of pyridine rings is 1. The Bertz CT molecular complexity index is 1910. The van der Waals surface area contributed by atoms with Crippen molar-refractivity contribution in [1.82, 2.24) is 15.2 Å². The summed E-state index contributed by atoms with van der Waals surface area (Å²) in [6.45, 7) is 4.15. The highest BCUT2D eigenvalue weighted by atomic mass is 19.2. The third-order valence-electron chi connectivity index (χ3n) is 10.5. The van der Waals surface area contributed by atoms with Crippen LogP contribution < -0.4 is 20.5 Å². The maximum atomic E-state index is 14.3. The van der Waals surface area contributed by atoms with Gasteiger partial charge in [-0.2, -0.15) is 0 Å². The van der Waals surface area contributed by atoms with Crippen LogP contribution in [0.2, 0.25) is 0 Å². The number of aromatic hydroxyl groups is 1. The van der Waals surface area contributed by atoms with Crippen molar-refractivity contribution in [2.24, 2.45) is 5.92 Å². The Morgan fingerprint density at radius 1 is 0.944 bits per heavy atom. The lowest BCUT2D eigenvalue weighted by atomic mass is 9.86. The van der Waals surface area contributed by atoms with E-state index in [0.717, 1.165) is 94.5 Å². The standard InChI is InChI=1S/C41H49F3N4O6/c42-33-22-29(23-34(43)39(33)44)48(41(52)54-37-26-47-18-15-28(37)16-19-47)25-27-9-8-10-30(21-27)53-20-7-5-3-1-2-4-6-17-45-24-36(50)31-11-13-35(49)40-32(31)12-14-38(51)46-40/h8-14,21-23,28,36-37,45,49-50H,1-7,15-20,24-26H2,(H,46,51)/t36-,37-/m0/s1. The number of H-pyrrole nitrogens is 1. The number of hydrogen-bond acceptors (Lipinski definition) is 8. The number of carbonyl (C=O) groups excluding carboxylic acids is 1. The molecule has 3 fully saturated rings. The summed E-state index contributed by atoms with van der Waals surface area (Å²) in [5.74, 6) is -3.53. The molecule has 3 aliphatic rings. The van der Waals surface area contributed by atoms with Crippen LogP contribution >= 0.6 is 0 Å². The fraction of sp³-hybridized carbons (Fsp3) is 0.463. The fourth-order valence-corrected chi connectivity index (χ4v) is 7.44. The first-order chi connectivity index (χ1) is 26.2. The lowest BCUT2D eigenvalue weighted by Gasteiger charge is -2.44. The van der Waals surface area contributed by atoms with Crippen LogP contribution in [0.15, 0.2) is 65.5 Å². The van der Waals surface area contributed by atoms with Crippen molar-refractivity contribution in [3.63, 3.8) is 0 Å². The van der Waals surface area contributed by atoms with Crippen molar-refractivity contribution in [1.29, 1.82) is 0 Å². The molecular weight excluding hydrogens is 701 g/mol. The van der Waals surface area contributed by atoms with Crippen LogP contribution in [0.4, 0.5) is 23.7 Å². The van der Waals surface area contributed by atoms with E-state index in [9.17, 15) is 33.0 Å². The van der Waals surface area contributed by atoms with E-state index < -0.39 is 29.6 Å². The first-order valence-electron chi connectivity index (χ1n) is 19.0. The number of unbranched alkanes of at least 4 members (excludes halogenated alkanes) is 6. The van der Waals surface area contributed by atoms with E-state index in [1.165, 1.54) is 12.1 Å². The van der Waals surface area contributed by atoms with Gasteiger partial charge >= 0.3 is 6.09 Å². The van der Waals surface area contributed by atoms with Crippen LogP contribution in [0, 0.1) is 23.4 Å². The number of benzene rings is 3. The molecule has 0 saturated carbocycles. The van der Waals surface area contributed by atoms with Crippen LogP contribution in [-0.2, 0) is 11.3 Å². The molecule has 54 heavy (non-hydrogen) atoms. The molecule has 10 nitrogen and oxygen atoms in total. The molecular formula is C41H49F3N4O6. The number of aromatic nitrogens is 1. The van der Waals surface area contributed by atoms with Gasteiger partial charge in [0.2, 0.25) is 5.56 Å². The van der Waals surface area contributed by atoms with Crippen LogP contribution in [-0.4, -0.2) is 71.6 Å². The summed E-state index contributed by atoms with van der Waals surface area (Å²) < 4.78 is 54.2. The number of aromatic amines is 1. The highest BCUT2D eigenvalue weighted by molar-refractivity contribution is 5.88. The number of hydrogen-bond donors (Lipinski definition) is 4. The first-order valence-corrected chi connectivity index (χ1v) is 19.0. The molecule has 4 aromatic rings. The second kappa shape index (κ2) is 18.6. The molecule has 1 aromatic heterocycles. The summed E-state index contributed by atoms with van der Waals surface area (Å²) in [5, 5.41) is 24.7. The predicted molar refractivity (Wildman–Crippen MR) is 200 cm³/mol. The molecule has 4 heterocycles. The average Bonchev–Trinajstić information content (AvgIpc) is 3.17. The quantitative estimate of drug-likeness (QED) is 0.0616. The number of rotatable bonds is 18. The Balaban J connectivity index is 0.887. The Kier molecular flexibility index (Phi) is 13.5. The second-order valence-electron chi connectivity index (χ2n) is 14.3. The molecule has 3 aliphatic heterocycles. The number of phenols is 1. The van der Waals surface area contributed by atoms with Crippen LogP contribution in [0.5, 0.6) is 11.5 Å². The van der Waals surface area contributed by atoms with Crippen molar-refractivity contribution in [2.75, 3.05) is 44.2 Å². The molecule has 2 bridgehead atoms. The van der Waals surface area contributed by atoms with Crippen molar-refractivity contribution >= 4 is 22.7 Å². The number of carbonyl (C=O) groups is 1. The predicted octanol–water partition coefficient (Wildman–Crippen LogP) is 7.32. The zero-order valence-corrected chi connectivity index (χ0v) is 30.4. The maximum absolute atomic E-state index is 14.3. The summed E-state index contributed by atoms with van der Waals surface area (Å²) in [5.41, 5.74) is 1.19. The van der Waals surface area contributed by atoms with Gasteiger partial charge in [0.1, 0.15) is 17.6 Å². The van der Waals surface area contributed by atoms with E-state index in [2.05, 4.69) is 15.2 Å². The molecule has 1 amide bonds. The van der Waals surface area contributed by atoms with Crippen molar-refractivity contribution in [3.05, 3.63) is 99.6 Å². The van der Waals surface area contributed by atoms with Gasteiger partial charge in [0.05, 0.1) is 30.5 Å². The number of ether oxygens (including phenoxy) is 2. The largest absolute Gasteiger partial charge is 0.506 e. The van der Waals surface area contributed by atoms with E-state index in [-0.39, 0.29) is 35.6 Å². The number of aliphatic hydroxyl groups is 1. The monoisotopic (exact) mass is 750 g/mol.